The summed E-state index contributed by atoms with van der Waals surface area (Å²) < 4.78 is 11.9. The third-order valence-electron chi connectivity index (χ3n) is 7.49. The fraction of sp³-hybridized carbons (Fsp3) is 0.257. The lowest BCUT2D eigenvalue weighted by molar-refractivity contribution is 0.0139. The predicted molar refractivity (Wildman–Crippen MR) is 167 cm³/mol. The highest BCUT2D eigenvalue weighted by atomic mass is 16.6. The van der Waals surface area contributed by atoms with Crippen LogP contribution in [0.25, 0.3) is 33.1 Å². The molecule has 1 aliphatic rings. The Labute approximate surface area is 245 Å². The molecule has 0 bridgehead atoms. The van der Waals surface area contributed by atoms with E-state index in [9.17, 15) is 9.59 Å². The fourth-order valence-corrected chi connectivity index (χ4v) is 5.40. The van der Waals surface area contributed by atoms with E-state index in [1.165, 1.54) is 0 Å². The van der Waals surface area contributed by atoms with Gasteiger partial charge in [0.25, 0.3) is 5.91 Å². The molecule has 6 rings (SSSR count). The van der Waals surface area contributed by atoms with Crippen molar-refractivity contribution in [2.24, 2.45) is 0 Å². The minimum atomic E-state index is -0.492. The summed E-state index contributed by atoms with van der Waals surface area (Å²) in [6, 6.07) is 29.6. The third kappa shape index (κ3) is 6.02. The summed E-state index contributed by atoms with van der Waals surface area (Å²) in [6.45, 7) is 9.28. The average Bonchev–Trinajstić information content (AvgIpc) is 3.40. The van der Waals surface area contributed by atoms with Crippen LogP contribution in [-0.4, -0.2) is 53.6 Å². The molecule has 7 nitrogen and oxygen atoms in total. The molecule has 0 saturated carbocycles. The number of nitrogens with one attached hydrogen (secondary N) is 1. The van der Waals surface area contributed by atoms with Crippen LogP contribution in [-0.2, 0) is 11.3 Å². The zero-order valence-electron chi connectivity index (χ0n) is 24.2. The van der Waals surface area contributed by atoms with Crippen LogP contribution in [0.4, 0.5) is 10.5 Å². The zero-order chi connectivity index (χ0) is 29.3. The number of hydrogen-bond donors (Lipinski definition) is 1. The van der Waals surface area contributed by atoms with Crippen LogP contribution in [0.15, 0.2) is 95.4 Å². The highest BCUT2D eigenvalue weighted by Crippen LogP contribution is 2.34. The number of hydrogen-bond acceptors (Lipinski definition) is 5. The molecule has 1 N–H and O–H groups in total. The second-order valence-electron chi connectivity index (χ2n) is 11.8. The fourth-order valence-electron chi connectivity index (χ4n) is 5.40. The first kappa shape index (κ1) is 27.5. The van der Waals surface area contributed by atoms with Crippen LogP contribution < -0.4 is 5.32 Å². The molecule has 2 heterocycles. The third-order valence-corrected chi connectivity index (χ3v) is 7.49. The van der Waals surface area contributed by atoms with Gasteiger partial charge in [-0.3, -0.25) is 9.69 Å². The van der Waals surface area contributed by atoms with Gasteiger partial charge in [-0.25, -0.2) is 4.79 Å². The summed E-state index contributed by atoms with van der Waals surface area (Å²) in [5.74, 6) is 0.534. The molecule has 4 aromatic carbocycles. The number of fused-ring (bicyclic) bond motifs is 2. The first-order valence-electron chi connectivity index (χ1n) is 14.3. The van der Waals surface area contributed by atoms with Gasteiger partial charge in [-0.2, -0.15) is 0 Å². The molecule has 1 aliphatic heterocycles. The molecule has 5 aromatic rings. The van der Waals surface area contributed by atoms with Gasteiger partial charge in [0.2, 0.25) is 0 Å². The number of piperazine rings is 1. The van der Waals surface area contributed by atoms with E-state index in [1.54, 1.807) is 4.90 Å². The SMILES string of the molecule is CC(C)(C)OC(=O)N1CCN(Cc2ccc3cc(-c4ccccc4NC(=O)c4cccc5ccccc45)oc3c2)CC1. The Balaban J connectivity index is 1.16. The van der Waals surface area contributed by atoms with E-state index < -0.39 is 5.60 Å². The van der Waals surface area contributed by atoms with Gasteiger partial charge in [0, 0.05) is 49.2 Å². The predicted octanol–water partition coefficient (Wildman–Crippen LogP) is 7.56. The van der Waals surface area contributed by atoms with Crippen LogP contribution in [0.3, 0.4) is 0 Å². The number of furan rings is 1. The number of carbonyl (C=O) groups excluding carboxylic acids is 2. The maximum absolute atomic E-state index is 13.4. The number of amides is 2. The number of carbonyl (C=O) groups is 2. The second-order valence-corrected chi connectivity index (χ2v) is 11.8. The van der Waals surface area contributed by atoms with Gasteiger partial charge < -0.3 is 19.4 Å². The van der Waals surface area contributed by atoms with Gasteiger partial charge in [0.1, 0.15) is 16.9 Å². The molecule has 42 heavy (non-hydrogen) atoms. The van der Waals surface area contributed by atoms with E-state index >= 15 is 0 Å². The van der Waals surface area contributed by atoms with E-state index in [1.807, 2.05) is 93.6 Å². The Morgan fingerprint density at radius 2 is 1.57 bits per heavy atom. The topological polar surface area (TPSA) is 75.0 Å². The summed E-state index contributed by atoms with van der Waals surface area (Å²) in [5, 5.41) is 6.05. The monoisotopic (exact) mass is 561 g/mol. The quantitative estimate of drug-likeness (QED) is 0.240. The molecule has 1 aromatic heterocycles. The van der Waals surface area contributed by atoms with Crippen LogP contribution in [0.2, 0.25) is 0 Å². The lowest BCUT2D eigenvalue weighted by Crippen LogP contribution is -2.49. The number of para-hydroxylation sites is 1. The highest BCUT2D eigenvalue weighted by molar-refractivity contribution is 6.14. The minimum Gasteiger partial charge on any atom is -0.456 e. The van der Waals surface area contributed by atoms with Crippen molar-refractivity contribution < 1.29 is 18.7 Å². The summed E-state index contributed by atoms with van der Waals surface area (Å²) in [6.07, 6.45) is -0.250. The number of ether oxygens (including phenoxy) is 1. The first-order valence-corrected chi connectivity index (χ1v) is 14.3. The Bertz CT molecular complexity index is 1750. The Morgan fingerprint density at radius 1 is 0.833 bits per heavy atom. The zero-order valence-corrected chi connectivity index (χ0v) is 24.2. The Morgan fingerprint density at radius 3 is 2.38 bits per heavy atom. The maximum atomic E-state index is 13.4. The van der Waals surface area contributed by atoms with Crippen molar-refractivity contribution in [2.75, 3.05) is 31.5 Å². The van der Waals surface area contributed by atoms with Gasteiger partial charge in [-0.05, 0) is 67.4 Å². The average molecular weight is 562 g/mol. The number of nitrogens with zero attached hydrogens (tertiary/aromatic N) is 2. The molecule has 2 amide bonds. The number of rotatable bonds is 5. The first-order chi connectivity index (χ1) is 20.2. The molecule has 0 unspecified atom stereocenters. The standard InChI is InChI=1S/C35H35N3O4/c1-35(2,3)42-34(40)38-19-17-37(18-20-38)23-24-15-16-26-22-32(41-31(26)21-24)29-12-6-7-14-30(29)36-33(39)28-13-8-10-25-9-4-5-11-27(25)28/h4-16,21-22H,17-20,23H2,1-3H3,(H,36,39). The van der Waals surface area contributed by atoms with Crippen LogP contribution >= 0.6 is 0 Å². The molecular weight excluding hydrogens is 526 g/mol. The summed E-state index contributed by atoms with van der Waals surface area (Å²) in [7, 11) is 0. The van der Waals surface area contributed by atoms with Gasteiger partial charge in [0.15, 0.2) is 0 Å². The van der Waals surface area contributed by atoms with Crippen molar-refractivity contribution >= 4 is 39.4 Å². The Hall–Kier alpha value is -4.62. The minimum absolute atomic E-state index is 0.163. The van der Waals surface area contributed by atoms with E-state index in [4.69, 9.17) is 9.15 Å². The molecule has 0 atom stereocenters. The molecule has 1 fully saturated rings. The van der Waals surface area contributed by atoms with E-state index in [2.05, 4.69) is 28.4 Å². The lowest BCUT2D eigenvalue weighted by atomic mass is 10.0. The summed E-state index contributed by atoms with van der Waals surface area (Å²) in [5.41, 5.74) is 3.59. The maximum Gasteiger partial charge on any atom is 0.410 e. The van der Waals surface area contributed by atoms with Crippen LogP contribution in [0, 0.1) is 0 Å². The van der Waals surface area contributed by atoms with Crippen molar-refractivity contribution in [3.63, 3.8) is 0 Å². The van der Waals surface area contributed by atoms with Gasteiger partial charge >= 0.3 is 6.09 Å². The molecule has 0 spiro atoms. The summed E-state index contributed by atoms with van der Waals surface area (Å²) in [4.78, 5) is 29.9. The molecule has 1 saturated heterocycles. The Kier molecular flexibility index (Phi) is 7.43. The molecular formula is C35H35N3O4. The molecule has 0 aliphatic carbocycles. The van der Waals surface area contributed by atoms with Crippen molar-refractivity contribution in [1.82, 2.24) is 9.80 Å². The van der Waals surface area contributed by atoms with Crippen molar-refractivity contribution in [3.8, 4) is 11.3 Å². The molecule has 7 heteroatoms. The summed E-state index contributed by atoms with van der Waals surface area (Å²) >= 11 is 0. The number of anilines is 1. The highest BCUT2D eigenvalue weighted by Gasteiger charge is 2.26. The van der Waals surface area contributed by atoms with Crippen molar-refractivity contribution in [1.29, 1.82) is 0 Å². The van der Waals surface area contributed by atoms with Gasteiger partial charge in [-0.1, -0.05) is 60.7 Å². The van der Waals surface area contributed by atoms with Crippen LogP contribution in [0.1, 0.15) is 36.7 Å². The van der Waals surface area contributed by atoms with Crippen molar-refractivity contribution in [2.45, 2.75) is 32.9 Å². The van der Waals surface area contributed by atoms with Crippen LogP contribution in [0.5, 0.6) is 0 Å². The largest absolute Gasteiger partial charge is 0.456 e. The van der Waals surface area contributed by atoms with E-state index in [0.717, 1.165) is 52.5 Å². The van der Waals surface area contributed by atoms with Gasteiger partial charge in [-0.15, -0.1) is 0 Å². The molecule has 0 radical (unpaired) electrons. The lowest BCUT2D eigenvalue weighted by Gasteiger charge is -2.35. The van der Waals surface area contributed by atoms with E-state index in [-0.39, 0.29) is 12.0 Å². The smallest absolute Gasteiger partial charge is 0.410 e. The second kappa shape index (κ2) is 11.3. The molecule has 214 valence electrons. The van der Waals surface area contributed by atoms with E-state index in [0.29, 0.717) is 30.1 Å². The van der Waals surface area contributed by atoms with Crippen molar-refractivity contribution in [3.05, 3.63) is 102 Å². The number of benzene rings is 4. The van der Waals surface area contributed by atoms with Gasteiger partial charge in [0.05, 0.1) is 5.69 Å². The normalized spacial score (nSPS) is 14.3.